The van der Waals surface area contributed by atoms with Crippen LogP contribution >= 0.6 is 0 Å². The molecule has 1 aromatic carbocycles. The van der Waals surface area contributed by atoms with E-state index in [4.69, 9.17) is 4.74 Å². The molecule has 0 aromatic heterocycles. The maximum Gasteiger partial charge on any atom is 0.254 e. The van der Waals surface area contributed by atoms with Crippen LogP contribution in [0.2, 0.25) is 0 Å². The maximum absolute atomic E-state index is 12.5. The van der Waals surface area contributed by atoms with Gasteiger partial charge in [0.05, 0.1) is 6.61 Å². The van der Waals surface area contributed by atoms with Gasteiger partial charge in [0.2, 0.25) is 0 Å². The van der Waals surface area contributed by atoms with E-state index in [1.807, 2.05) is 24.3 Å². The molecular formula is C18H26N2O3S. The van der Waals surface area contributed by atoms with Crippen molar-refractivity contribution in [3.05, 3.63) is 29.8 Å². The fourth-order valence-corrected chi connectivity index (χ4v) is 4.91. The van der Waals surface area contributed by atoms with Gasteiger partial charge >= 0.3 is 0 Å². The summed E-state index contributed by atoms with van der Waals surface area (Å²) >= 11 is 0. The van der Waals surface area contributed by atoms with Gasteiger partial charge < -0.3 is 15.4 Å². The topological polar surface area (TPSA) is 67.4 Å². The second-order valence-electron chi connectivity index (χ2n) is 6.54. The Kier molecular flexibility index (Phi) is 6.40. The van der Waals surface area contributed by atoms with Gasteiger partial charge in [-0.15, -0.1) is 0 Å². The number of nitrogens with one attached hydrogen (secondary N) is 2. The lowest BCUT2D eigenvalue weighted by Gasteiger charge is -2.23. The summed E-state index contributed by atoms with van der Waals surface area (Å²) in [5, 5.41) is 6.38. The van der Waals surface area contributed by atoms with Crippen LogP contribution in [0.15, 0.2) is 24.3 Å². The molecule has 0 radical (unpaired) electrons. The number of rotatable bonds is 5. The summed E-state index contributed by atoms with van der Waals surface area (Å²) < 4.78 is 18.0. The highest BCUT2D eigenvalue weighted by Crippen LogP contribution is 2.24. The van der Waals surface area contributed by atoms with Crippen molar-refractivity contribution in [2.24, 2.45) is 0 Å². The second kappa shape index (κ2) is 8.74. The zero-order chi connectivity index (χ0) is 16.8. The van der Waals surface area contributed by atoms with E-state index in [2.05, 4.69) is 10.6 Å². The number of hydrogen-bond acceptors (Lipinski definition) is 4. The third kappa shape index (κ3) is 4.88. The van der Waals surface area contributed by atoms with E-state index in [0.29, 0.717) is 24.2 Å². The molecule has 2 fully saturated rings. The summed E-state index contributed by atoms with van der Waals surface area (Å²) in [6.07, 6.45) is 5.38. The van der Waals surface area contributed by atoms with E-state index in [1.165, 1.54) is 19.3 Å². The second-order valence-corrected chi connectivity index (χ2v) is 8.26. The highest BCUT2D eigenvalue weighted by molar-refractivity contribution is 7.84. The molecule has 1 aliphatic carbocycles. The average Bonchev–Trinajstić information content (AvgIpc) is 2.63. The Morgan fingerprint density at radius 3 is 2.88 bits per heavy atom. The van der Waals surface area contributed by atoms with Crippen molar-refractivity contribution in [1.29, 1.82) is 0 Å². The van der Waals surface area contributed by atoms with E-state index in [1.54, 1.807) is 0 Å². The van der Waals surface area contributed by atoms with E-state index >= 15 is 0 Å². The van der Waals surface area contributed by atoms with Gasteiger partial charge in [0.1, 0.15) is 6.10 Å². The predicted molar refractivity (Wildman–Crippen MR) is 96.4 cm³/mol. The Morgan fingerprint density at radius 1 is 1.29 bits per heavy atom. The SMILES string of the molecule is O=C(Nc1cccc(CS(=O)C2CCCCC2)c1)C1CNCCO1. The van der Waals surface area contributed by atoms with Crippen LogP contribution in [0.5, 0.6) is 0 Å². The van der Waals surface area contributed by atoms with Crippen molar-refractivity contribution >= 4 is 22.4 Å². The van der Waals surface area contributed by atoms with Crippen molar-refractivity contribution < 1.29 is 13.7 Å². The summed E-state index contributed by atoms with van der Waals surface area (Å²) in [4.78, 5) is 12.2. The molecule has 1 aliphatic heterocycles. The Balaban J connectivity index is 1.57. The highest BCUT2D eigenvalue weighted by Gasteiger charge is 2.22. The van der Waals surface area contributed by atoms with Crippen molar-refractivity contribution in [2.45, 2.75) is 49.2 Å². The van der Waals surface area contributed by atoms with Crippen molar-refractivity contribution in [2.75, 3.05) is 25.0 Å². The van der Waals surface area contributed by atoms with Crippen LogP contribution in [0.3, 0.4) is 0 Å². The van der Waals surface area contributed by atoms with Crippen LogP contribution in [-0.2, 0) is 26.1 Å². The third-order valence-electron chi connectivity index (χ3n) is 4.65. The lowest BCUT2D eigenvalue weighted by atomic mass is 10.0. The summed E-state index contributed by atoms with van der Waals surface area (Å²) in [6.45, 7) is 1.88. The molecule has 1 heterocycles. The molecule has 5 nitrogen and oxygen atoms in total. The number of morpholine rings is 1. The molecule has 6 heteroatoms. The molecule has 2 aliphatic rings. The van der Waals surface area contributed by atoms with Gasteiger partial charge in [0.15, 0.2) is 0 Å². The first-order chi connectivity index (χ1) is 11.7. The number of anilines is 1. The number of carbonyl (C=O) groups is 1. The molecule has 0 spiro atoms. The number of ether oxygens (including phenoxy) is 1. The molecule has 2 N–H and O–H groups in total. The highest BCUT2D eigenvalue weighted by atomic mass is 32.2. The van der Waals surface area contributed by atoms with Crippen LogP contribution in [0.1, 0.15) is 37.7 Å². The standard InChI is InChI=1S/C18H26N2O3S/c21-18(17-12-19-9-10-23-17)20-15-6-4-5-14(11-15)13-24(22)16-7-2-1-3-8-16/h4-6,11,16-17,19H,1-3,7-10,12-13H2,(H,20,21). The largest absolute Gasteiger partial charge is 0.366 e. The Hall–Kier alpha value is -1.24. The van der Waals surface area contributed by atoms with E-state index in [9.17, 15) is 9.00 Å². The van der Waals surface area contributed by atoms with Crippen LogP contribution in [0.4, 0.5) is 5.69 Å². The number of carbonyl (C=O) groups excluding carboxylic acids is 1. The monoisotopic (exact) mass is 350 g/mol. The fourth-order valence-electron chi connectivity index (χ4n) is 3.31. The minimum absolute atomic E-state index is 0.132. The zero-order valence-corrected chi connectivity index (χ0v) is 14.8. The smallest absolute Gasteiger partial charge is 0.254 e. The van der Waals surface area contributed by atoms with Gasteiger partial charge in [0.25, 0.3) is 5.91 Å². The van der Waals surface area contributed by atoms with Crippen molar-refractivity contribution in [3.63, 3.8) is 0 Å². The normalized spacial score (nSPS) is 23.6. The molecule has 3 rings (SSSR count). The number of hydrogen-bond donors (Lipinski definition) is 2. The quantitative estimate of drug-likeness (QED) is 0.854. The minimum atomic E-state index is -0.830. The molecule has 2 atom stereocenters. The zero-order valence-electron chi connectivity index (χ0n) is 14.0. The first-order valence-electron chi connectivity index (χ1n) is 8.81. The Morgan fingerprint density at radius 2 is 2.12 bits per heavy atom. The van der Waals surface area contributed by atoms with Crippen LogP contribution < -0.4 is 10.6 Å². The Labute approximate surface area is 146 Å². The molecule has 1 saturated heterocycles. The molecule has 2 unspecified atom stereocenters. The van der Waals surface area contributed by atoms with Crippen molar-refractivity contribution in [1.82, 2.24) is 5.32 Å². The van der Waals surface area contributed by atoms with Crippen LogP contribution in [0, 0.1) is 0 Å². The minimum Gasteiger partial charge on any atom is -0.366 e. The fraction of sp³-hybridized carbons (Fsp3) is 0.611. The van der Waals surface area contributed by atoms with Gasteiger partial charge in [-0.05, 0) is 30.5 Å². The summed E-state index contributed by atoms with van der Waals surface area (Å²) in [5.41, 5.74) is 1.76. The molecule has 0 bridgehead atoms. The summed E-state index contributed by atoms with van der Waals surface area (Å²) in [5.74, 6) is 0.434. The lowest BCUT2D eigenvalue weighted by molar-refractivity contribution is -0.128. The molecule has 132 valence electrons. The summed E-state index contributed by atoms with van der Waals surface area (Å²) in [7, 11) is -0.830. The van der Waals surface area contributed by atoms with Crippen molar-refractivity contribution in [3.8, 4) is 0 Å². The molecule has 1 saturated carbocycles. The first kappa shape index (κ1) is 17.6. The number of benzene rings is 1. The van der Waals surface area contributed by atoms with Gasteiger partial charge in [-0.1, -0.05) is 31.4 Å². The van der Waals surface area contributed by atoms with Gasteiger partial charge in [-0.3, -0.25) is 9.00 Å². The molecular weight excluding hydrogens is 324 g/mol. The average molecular weight is 350 g/mol. The molecule has 1 amide bonds. The van der Waals surface area contributed by atoms with Crippen LogP contribution in [0.25, 0.3) is 0 Å². The Bertz CT molecular complexity index is 534. The number of amides is 1. The van der Waals surface area contributed by atoms with E-state index < -0.39 is 16.9 Å². The molecule has 1 aromatic rings. The lowest BCUT2D eigenvalue weighted by Crippen LogP contribution is -2.45. The first-order valence-corrected chi connectivity index (χ1v) is 10.2. The third-order valence-corrected chi connectivity index (χ3v) is 6.48. The van der Waals surface area contributed by atoms with E-state index in [0.717, 1.165) is 30.6 Å². The van der Waals surface area contributed by atoms with Crippen LogP contribution in [-0.4, -0.2) is 41.2 Å². The van der Waals surface area contributed by atoms with Gasteiger partial charge in [-0.2, -0.15) is 0 Å². The summed E-state index contributed by atoms with van der Waals surface area (Å²) in [6, 6.07) is 7.67. The predicted octanol–water partition coefficient (Wildman–Crippen LogP) is 2.19. The van der Waals surface area contributed by atoms with Gasteiger partial charge in [0, 0.05) is 40.6 Å². The maximum atomic E-state index is 12.5. The van der Waals surface area contributed by atoms with Gasteiger partial charge in [-0.25, -0.2) is 0 Å². The van der Waals surface area contributed by atoms with E-state index in [-0.39, 0.29) is 5.91 Å². The molecule has 24 heavy (non-hydrogen) atoms.